The second-order valence-electron chi connectivity index (χ2n) is 3.82. The molecule has 0 aromatic carbocycles. The first-order valence-corrected chi connectivity index (χ1v) is 5.28. The number of imidazole rings is 1. The fourth-order valence-electron chi connectivity index (χ4n) is 1.66. The number of halogens is 3. The van der Waals surface area contributed by atoms with E-state index in [2.05, 4.69) is 4.98 Å². The van der Waals surface area contributed by atoms with Gasteiger partial charge in [-0.3, -0.25) is 4.79 Å². The number of nitrogens with one attached hydrogen (secondary N) is 1. The Hall–Kier alpha value is -2.49. The molecule has 0 fully saturated rings. The van der Waals surface area contributed by atoms with Gasteiger partial charge in [-0.25, -0.2) is 0 Å². The number of alkyl halides is 3. The summed E-state index contributed by atoms with van der Waals surface area (Å²) in [6, 6.07) is 2.96. The number of nitrogens with zero attached hydrogens (tertiary/aromatic N) is 2. The molecule has 0 amide bonds. The van der Waals surface area contributed by atoms with Gasteiger partial charge < -0.3 is 9.38 Å². The fraction of sp³-hybridized carbons (Fsp3) is 0.167. The molecular weight excluding hydrogens is 259 g/mol. The summed E-state index contributed by atoms with van der Waals surface area (Å²) >= 11 is 0. The van der Waals surface area contributed by atoms with Crippen molar-refractivity contribution in [2.45, 2.75) is 12.6 Å². The van der Waals surface area contributed by atoms with E-state index in [1.54, 1.807) is 6.07 Å². The molecule has 0 aliphatic heterocycles. The van der Waals surface area contributed by atoms with Gasteiger partial charge in [0.05, 0.1) is 12.1 Å². The van der Waals surface area contributed by atoms with Gasteiger partial charge in [-0.1, -0.05) is 6.08 Å². The molecule has 0 aliphatic rings. The predicted octanol–water partition coefficient (Wildman–Crippen LogP) is 2.46. The van der Waals surface area contributed by atoms with Gasteiger partial charge in [-0.15, -0.1) is 0 Å². The quantitative estimate of drug-likeness (QED) is 0.908. The van der Waals surface area contributed by atoms with Gasteiger partial charge in [0.1, 0.15) is 17.3 Å². The highest BCUT2D eigenvalue weighted by atomic mass is 19.4. The number of nitriles is 1. The van der Waals surface area contributed by atoms with Gasteiger partial charge >= 0.3 is 6.18 Å². The van der Waals surface area contributed by atoms with Gasteiger partial charge in [-0.05, 0) is 6.08 Å². The van der Waals surface area contributed by atoms with Crippen molar-refractivity contribution >= 4 is 11.7 Å². The molecule has 0 unspecified atom stereocenters. The Bertz CT molecular complexity index is 731. The van der Waals surface area contributed by atoms with Crippen LogP contribution in [0.3, 0.4) is 0 Å². The van der Waals surface area contributed by atoms with Crippen LogP contribution in [0, 0.1) is 11.3 Å². The van der Waals surface area contributed by atoms with Crippen molar-refractivity contribution in [3.63, 3.8) is 0 Å². The largest absolute Gasteiger partial charge is 0.392 e. The Kier molecular flexibility index (Phi) is 3.17. The lowest BCUT2D eigenvalue weighted by Crippen LogP contribution is -2.07. The number of allylic oxidation sites excluding steroid dienone is 1. The van der Waals surface area contributed by atoms with E-state index < -0.39 is 18.0 Å². The number of H-pyrrole nitrogens is 1. The third kappa shape index (κ3) is 2.68. The van der Waals surface area contributed by atoms with Crippen LogP contribution >= 0.6 is 0 Å². The first-order chi connectivity index (χ1) is 8.92. The molecule has 2 aromatic rings. The molecule has 2 heterocycles. The number of pyridine rings is 1. The second-order valence-corrected chi connectivity index (χ2v) is 3.82. The maximum atomic E-state index is 12.0. The third-order valence-corrected chi connectivity index (χ3v) is 2.48. The zero-order valence-corrected chi connectivity index (χ0v) is 9.53. The van der Waals surface area contributed by atoms with Gasteiger partial charge in [0.2, 0.25) is 5.43 Å². The monoisotopic (exact) mass is 267 g/mol. The molecule has 0 aliphatic carbocycles. The molecule has 0 saturated carbocycles. The average Bonchev–Trinajstić information content (AvgIpc) is 2.71. The maximum Gasteiger partial charge on any atom is 0.392 e. The third-order valence-electron chi connectivity index (χ3n) is 2.48. The number of hydrogen-bond acceptors (Lipinski definition) is 2. The number of fused-ring (bicyclic) bond motifs is 1. The van der Waals surface area contributed by atoms with E-state index in [0.717, 1.165) is 6.08 Å². The van der Waals surface area contributed by atoms with Crippen molar-refractivity contribution < 1.29 is 13.2 Å². The lowest BCUT2D eigenvalue weighted by Gasteiger charge is -2.00. The highest BCUT2D eigenvalue weighted by molar-refractivity contribution is 5.60. The van der Waals surface area contributed by atoms with Crippen molar-refractivity contribution in [3.05, 3.63) is 46.0 Å². The first kappa shape index (κ1) is 13.0. The summed E-state index contributed by atoms with van der Waals surface area (Å²) in [5.74, 6) is 0. The van der Waals surface area contributed by atoms with Crippen LogP contribution in [0.15, 0.2) is 29.3 Å². The van der Waals surface area contributed by atoms with Gasteiger partial charge in [-0.2, -0.15) is 18.4 Å². The van der Waals surface area contributed by atoms with Crippen LogP contribution in [0.25, 0.3) is 11.7 Å². The van der Waals surface area contributed by atoms with Crippen LogP contribution in [0.2, 0.25) is 0 Å². The molecule has 0 saturated heterocycles. The summed E-state index contributed by atoms with van der Waals surface area (Å²) in [6.45, 7) is 0. The predicted molar refractivity (Wildman–Crippen MR) is 62.4 cm³/mol. The molecule has 2 aromatic heterocycles. The van der Waals surface area contributed by atoms with Crippen LogP contribution in [0.1, 0.15) is 17.7 Å². The minimum Gasteiger partial charge on any atom is -0.344 e. The van der Waals surface area contributed by atoms with Crippen molar-refractivity contribution in [1.82, 2.24) is 9.38 Å². The van der Waals surface area contributed by atoms with Crippen molar-refractivity contribution in [1.29, 1.82) is 5.26 Å². The van der Waals surface area contributed by atoms with Gasteiger partial charge in [0, 0.05) is 18.5 Å². The Morgan fingerprint density at radius 3 is 2.84 bits per heavy atom. The summed E-state index contributed by atoms with van der Waals surface area (Å²) in [5, 5.41) is 8.86. The van der Waals surface area contributed by atoms with E-state index in [1.165, 1.54) is 28.9 Å². The number of hydrogen-bond donors (Lipinski definition) is 1. The molecule has 98 valence electrons. The van der Waals surface area contributed by atoms with Crippen LogP contribution in [0.4, 0.5) is 13.2 Å². The second kappa shape index (κ2) is 4.65. The first-order valence-electron chi connectivity index (χ1n) is 5.28. The van der Waals surface area contributed by atoms with Gasteiger partial charge in [0.15, 0.2) is 0 Å². The van der Waals surface area contributed by atoms with Crippen LogP contribution in [-0.4, -0.2) is 15.6 Å². The van der Waals surface area contributed by atoms with Crippen molar-refractivity contribution in [2.75, 3.05) is 0 Å². The molecule has 0 atom stereocenters. The minimum atomic E-state index is -4.26. The molecule has 4 nitrogen and oxygen atoms in total. The van der Waals surface area contributed by atoms with Crippen molar-refractivity contribution in [2.24, 2.45) is 0 Å². The zero-order chi connectivity index (χ0) is 14.0. The highest BCUT2D eigenvalue weighted by Crippen LogP contribution is 2.20. The summed E-state index contributed by atoms with van der Waals surface area (Å²) in [5.41, 5.74) is 0.186. The summed E-state index contributed by atoms with van der Waals surface area (Å²) < 4.78 is 37.5. The van der Waals surface area contributed by atoms with Crippen LogP contribution in [0.5, 0.6) is 0 Å². The lowest BCUT2D eigenvalue weighted by molar-refractivity contribution is -0.124. The molecular formula is C12H8F3N3O. The number of rotatable bonds is 2. The standard InChI is InChI=1S/C12H8F3N3O/c13-12(14,15)4-1-2-8-7-17-11-9(6-16)10(19)3-5-18(8)11/h1-3,5,7,17H,4H2/b2-1+. The topological polar surface area (TPSA) is 61.1 Å². The average molecular weight is 267 g/mol. The van der Waals surface area contributed by atoms with Crippen molar-refractivity contribution in [3.8, 4) is 6.07 Å². The molecule has 1 N–H and O–H groups in total. The van der Waals surface area contributed by atoms with Crippen LogP contribution in [-0.2, 0) is 0 Å². The summed E-state index contributed by atoms with van der Waals surface area (Å²) in [7, 11) is 0. The molecule has 0 spiro atoms. The van der Waals surface area contributed by atoms with E-state index in [0.29, 0.717) is 5.69 Å². The molecule has 2 rings (SSSR count). The fourth-order valence-corrected chi connectivity index (χ4v) is 1.66. The zero-order valence-electron chi connectivity index (χ0n) is 9.53. The highest BCUT2D eigenvalue weighted by Gasteiger charge is 2.24. The summed E-state index contributed by atoms with van der Waals surface area (Å²) in [4.78, 5) is 14.1. The SMILES string of the molecule is N#Cc1c(=O)ccn2c(/C=C/CC(F)(F)F)c[nH]c12. The number of aromatic nitrogens is 2. The van der Waals surface area contributed by atoms with E-state index in [1.807, 2.05) is 0 Å². The number of aromatic amines is 1. The molecule has 0 bridgehead atoms. The normalized spacial score (nSPS) is 12.1. The Balaban J connectivity index is 2.43. The summed E-state index contributed by atoms with van der Waals surface area (Å²) in [6.07, 6.45) is -0.196. The lowest BCUT2D eigenvalue weighted by atomic mass is 10.3. The smallest absolute Gasteiger partial charge is 0.344 e. The Labute approximate surface area is 105 Å². The van der Waals surface area contributed by atoms with Crippen LogP contribution < -0.4 is 5.43 Å². The molecule has 19 heavy (non-hydrogen) atoms. The van der Waals surface area contributed by atoms with E-state index >= 15 is 0 Å². The molecule has 0 radical (unpaired) electrons. The Morgan fingerprint density at radius 1 is 1.47 bits per heavy atom. The Morgan fingerprint density at radius 2 is 2.21 bits per heavy atom. The molecule has 7 heteroatoms. The minimum absolute atomic E-state index is 0.0713. The maximum absolute atomic E-state index is 12.0. The van der Waals surface area contributed by atoms with E-state index in [9.17, 15) is 18.0 Å². The van der Waals surface area contributed by atoms with E-state index in [-0.39, 0.29) is 11.2 Å². The van der Waals surface area contributed by atoms with Gasteiger partial charge in [0.25, 0.3) is 0 Å². The van der Waals surface area contributed by atoms with E-state index in [4.69, 9.17) is 5.26 Å².